The molecule has 2 aromatic rings. The fraction of sp³-hybridized carbons (Fsp3) is 0.294. The van der Waals surface area contributed by atoms with Crippen LogP contribution in [-0.2, 0) is 0 Å². The summed E-state index contributed by atoms with van der Waals surface area (Å²) in [7, 11) is 0. The molecule has 0 bridgehead atoms. The highest BCUT2D eigenvalue weighted by molar-refractivity contribution is 9.10. The van der Waals surface area contributed by atoms with Crippen molar-refractivity contribution in [3.8, 4) is 0 Å². The van der Waals surface area contributed by atoms with Gasteiger partial charge in [-0.15, -0.1) is 0 Å². The van der Waals surface area contributed by atoms with E-state index >= 15 is 0 Å². The smallest absolute Gasteiger partial charge is 0.131 e. The molecule has 21 heavy (non-hydrogen) atoms. The second kappa shape index (κ2) is 7.14. The molecule has 0 amide bonds. The molecule has 4 heteroatoms. The van der Waals surface area contributed by atoms with Crippen LogP contribution in [0.5, 0.6) is 0 Å². The van der Waals surface area contributed by atoms with Gasteiger partial charge in [-0.05, 0) is 49.2 Å². The normalized spacial score (nSPS) is 12.4. The van der Waals surface area contributed by atoms with Gasteiger partial charge in [0.1, 0.15) is 11.6 Å². The first-order chi connectivity index (χ1) is 10.0. The molecule has 0 radical (unpaired) electrons. The van der Waals surface area contributed by atoms with Gasteiger partial charge in [-0.2, -0.15) is 0 Å². The van der Waals surface area contributed by atoms with Crippen molar-refractivity contribution in [1.82, 2.24) is 5.32 Å². The first-order valence-corrected chi connectivity index (χ1v) is 7.76. The third-order valence-electron chi connectivity index (χ3n) is 3.39. The molecular weight excluding hydrogens is 336 g/mol. The van der Waals surface area contributed by atoms with Crippen LogP contribution < -0.4 is 5.32 Å². The molecule has 112 valence electrons. The van der Waals surface area contributed by atoms with Gasteiger partial charge in [-0.25, -0.2) is 8.78 Å². The topological polar surface area (TPSA) is 12.0 Å². The SMILES string of the molecule is CCCNC(c1ccc(Br)cc1)c1cc(C)c(F)cc1F. The number of rotatable bonds is 5. The molecule has 0 aliphatic heterocycles. The predicted octanol–water partition coefficient (Wildman–Crippen LogP) is 5.12. The van der Waals surface area contributed by atoms with Crippen molar-refractivity contribution in [1.29, 1.82) is 0 Å². The van der Waals surface area contributed by atoms with Crippen LogP contribution in [0.15, 0.2) is 40.9 Å². The monoisotopic (exact) mass is 353 g/mol. The van der Waals surface area contributed by atoms with Gasteiger partial charge < -0.3 is 5.32 Å². The number of hydrogen-bond acceptors (Lipinski definition) is 1. The molecule has 0 heterocycles. The first kappa shape index (κ1) is 16.1. The Morgan fingerprint density at radius 1 is 1.10 bits per heavy atom. The van der Waals surface area contributed by atoms with Gasteiger partial charge in [-0.1, -0.05) is 35.0 Å². The maximum atomic E-state index is 14.2. The van der Waals surface area contributed by atoms with Gasteiger partial charge in [0.2, 0.25) is 0 Å². The molecule has 0 aliphatic rings. The number of nitrogens with one attached hydrogen (secondary N) is 1. The molecule has 0 saturated carbocycles. The van der Waals surface area contributed by atoms with Gasteiger partial charge in [0.15, 0.2) is 0 Å². The Morgan fingerprint density at radius 2 is 1.76 bits per heavy atom. The van der Waals surface area contributed by atoms with Crippen molar-refractivity contribution in [3.05, 3.63) is 69.2 Å². The Morgan fingerprint density at radius 3 is 2.38 bits per heavy atom. The Balaban J connectivity index is 2.45. The van der Waals surface area contributed by atoms with Crippen molar-refractivity contribution >= 4 is 15.9 Å². The minimum Gasteiger partial charge on any atom is -0.306 e. The van der Waals surface area contributed by atoms with Gasteiger partial charge in [0.25, 0.3) is 0 Å². The van der Waals surface area contributed by atoms with Gasteiger partial charge in [0, 0.05) is 16.1 Å². The van der Waals surface area contributed by atoms with Crippen LogP contribution in [0.1, 0.15) is 36.1 Å². The fourth-order valence-corrected chi connectivity index (χ4v) is 2.52. The number of halogens is 3. The van der Waals surface area contributed by atoms with Crippen LogP contribution in [0.2, 0.25) is 0 Å². The molecule has 1 N–H and O–H groups in total. The van der Waals surface area contributed by atoms with Crippen LogP contribution in [0.3, 0.4) is 0 Å². The molecule has 0 aromatic heterocycles. The summed E-state index contributed by atoms with van der Waals surface area (Å²) >= 11 is 3.40. The Labute approximate surface area is 132 Å². The van der Waals surface area contributed by atoms with Crippen molar-refractivity contribution in [3.63, 3.8) is 0 Å². The minimum atomic E-state index is -0.519. The van der Waals surface area contributed by atoms with E-state index in [2.05, 4.69) is 28.2 Å². The quantitative estimate of drug-likeness (QED) is 0.785. The van der Waals surface area contributed by atoms with Crippen LogP contribution in [-0.4, -0.2) is 6.54 Å². The van der Waals surface area contributed by atoms with E-state index in [0.717, 1.165) is 29.1 Å². The van der Waals surface area contributed by atoms with E-state index in [4.69, 9.17) is 0 Å². The van der Waals surface area contributed by atoms with Crippen molar-refractivity contribution in [2.75, 3.05) is 6.54 Å². The minimum absolute atomic E-state index is 0.280. The summed E-state index contributed by atoms with van der Waals surface area (Å²) in [6.07, 6.45) is 0.939. The lowest BCUT2D eigenvalue weighted by molar-refractivity contribution is 0.530. The van der Waals surface area contributed by atoms with E-state index in [1.807, 2.05) is 24.3 Å². The van der Waals surface area contributed by atoms with Crippen molar-refractivity contribution in [2.24, 2.45) is 0 Å². The molecular formula is C17H18BrF2N. The number of benzene rings is 2. The highest BCUT2D eigenvalue weighted by Crippen LogP contribution is 2.27. The second-order valence-corrected chi connectivity index (χ2v) is 5.98. The van der Waals surface area contributed by atoms with Crippen molar-refractivity contribution < 1.29 is 8.78 Å². The number of aryl methyl sites for hydroxylation is 1. The summed E-state index contributed by atoms with van der Waals surface area (Å²) < 4.78 is 28.6. The summed E-state index contributed by atoms with van der Waals surface area (Å²) in [5, 5.41) is 3.33. The molecule has 0 spiro atoms. The summed E-state index contributed by atoms with van der Waals surface area (Å²) in [6.45, 7) is 4.46. The lowest BCUT2D eigenvalue weighted by Gasteiger charge is -2.21. The molecule has 1 unspecified atom stereocenters. The predicted molar refractivity (Wildman–Crippen MR) is 85.4 cm³/mol. The second-order valence-electron chi connectivity index (χ2n) is 5.06. The fourth-order valence-electron chi connectivity index (χ4n) is 2.25. The summed E-state index contributed by atoms with van der Waals surface area (Å²) in [6, 6.07) is 9.99. The van der Waals surface area contributed by atoms with E-state index in [1.165, 1.54) is 0 Å². The standard InChI is InChI=1S/C17H18BrF2N/c1-3-8-21-17(12-4-6-13(18)7-5-12)14-9-11(2)15(19)10-16(14)20/h4-7,9-10,17,21H,3,8H2,1-2H3. The summed E-state index contributed by atoms with van der Waals surface area (Å²) in [5.41, 5.74) is 1.88. The zero-order valence-corrected chi connectivity index (χ0v) is 13.7. The highest BCUT2D eigenvalue weighted by Gasteiger charge is 2.19. The van der Waals surface area contributed by atoms with E-state index in [0.29, 0.717) is 11.1 Å². The van der Waals surface area contributed by atoms with Crippen LogP contribution in [0.4, 0.5) is 8.78 Å². The third-order valence-corrected chi connectivity index (χ3v) is 3.92. The van der Waals surface area contributed by atoms with E-state index in [9.17, 15) is 8.78 Å². The first-order valence-electron chi connectivity index (χ1n) is 6.97. The van der Waals surface area contributed by atoms with Gasteiger partial charge in [-0.3, -0.25) is 0 Å². The maximum absolute atomic E-state index is 14.2. The van der Waals surface area contributed by atoms with E-state index in [-0.39, 0.29) is 6.04 Å². The Bertz CT molecular complexity index is 611. The Hall–Kier alpha value is -1.26. The van der Waals surface area contributed by atoms with Gasteiger partial charge >= 0.3 is 0 Å². The van der Waals surface area contributed by atoms with Crippen LogP contribution >= 0.6 is 15.9 Å². The molecule has 0 saturated heterocycles. The lowest BCUT2D eigenvalue weighted by Crippen LogP contribution is -2.24. The zero-order chi connectivity index (χ0) is 15.4. The Kier molecular flexibility index (Phi) is 5.48. The van der Waals surface area contributed by atoms with Crippen LogP contribution in [0, 0.1) is 18.6 Å². The number of hydrogen-bond donors (Lipinski definition) is 1. The van der Waals surface area contributed by atoms with Crippen molar-refractivity contribution in [2.45, 2.75) is 26.3 Å². The summed E-state index contributed by atoms with van der Waals surface area (Å²) in [5.74, 6) is -1.03. The molecule has 2 aromatic carbocycles. The average molecular weight is 354 g/mol. The molecule has 0 aliphatic carbocycles. The van der Waals surface area contributed by atoms with Gasteiger partial charge in [0.05, 0.1) is 6.04 Å². The molecule has 1 atom stereocenters. The highest BCUT2D eigenvalue weighted by atomic mass is 79.9. The maximum Gasteiger partial charge on any atom is 0.131 e. The van der Waals surface area contributed by atoms with Crippen LogP contribution in [0.25, 0.3) is 0 Å². The molecule has 0 fully saturated rings. The average Bonchev–Trinajstić information content (AvgIpc) is 2.46. The largest absolute Gasteiger partial charge is 0.306 e. The molecule has 2 rings (SSSR count). The van der Waals surface area contributed by atoms with E-state index in [1.54, 1.807) is 13.0 Å². The third kappa shape index (κ3) is 3.89. The molecule has 1 nitrogen and oxygen atoms in total. The van der Waals surface area contributed by atoms with E-state index < -0.39 is 11.6 Å². The summed E-state index contributed by atoms with van der Waals surface area (Å²) in [4.78, 5) is 0. The lowest BCUT2D eigenvalue weighted by atomic mass is 9.96. The zero-order valence-electron chi connectivity index (χ0n) is 12.1.